The number of furan rings is 1. The van der Waals surface area contributed by atoms with Crippen molar-refractivity contribution >= 4 is 11.8 Å². The minimum absolute atomic E-state index is 0.0131. The average Bonchev–Trinajstić information content (AvgIpc) is 3.19. The molecule has 0 aromatic carbocycles. The van der Waals surface area contributed by atoms with Gasteiger partial charge in [0.15, 0.2) is 0 Å². The number of likely N-dealkylation sites (tertiary alicyclic amines) is 1. The monoisotopic (exact) mass is 290 g/mol. The van der Waals surface area contributed by atoms with E-state index in [0.29, 0.717) is 18.7 Å². The lowest BCUT2D eigenvalue weighted by molar-refractivity contribution is -0.135. The first-order chi connectivity index (χ1) is 10.0. The fraction of sp³-hybridized carbons (Fsp3) is 0.625. The van der Waals surface area contributed by atoms with E-state index < -0.39 is 0 Å². The molecule has 0 bridgehead atoms. The molecule has 21 heavy (non-hydrogen) atoms. The minimum atomic E-state index is -0.0640. The van der Waals surface area contributed by atoms with E-state index in [-0.39, 0.29) is 23.1 Å². The van der Waals surface area contributed by atoms with Crippen LogP contribution >= 0.6 is 0 Å². The van der Waals surface area contributed by atoms with Gasteiger partial charge in [-0.2, -0.15) is 0 Å². The van der Waals surface area contributed by atoms with Crippen LogP contribution in [0.25, 0.3) is 0 Å². The number of rotatable bonds is 2. The van der Waals surface area contributed by atoms with Crippen molar-refractivity contribution in [3.8, 4) is 0 Å². The lowest BCUT2D eigenvalue weighted by Gasteiger charge is -2.30. The predicted molar refractivity (Wildman–Crippen MR) is 77.7 cm³/mol. The molecule has 1 saturated carbocycles. The third-order valence-corrected chi connectivity index (χ3v) is 5.04. The molecule has 2 fully saturated rings. The smallest absolute Gasteiger partial charge is 0.257 e. The standard InChI is InChI=1S/C16H22N2O3/c1-17(2)15(20)13-9-18(11-16(13)6-3-4-7-16)14(19)12-5-8-21-10-12/h5,8,10,13H,3-4,6-7,9,11H2,1-2H3. The van der Waals surface area contributed by atoms with Gasteiger partial charge in [-0.3, -0.25) is 9.59 Å². The molecule has 1 aromatic rings. The zero-order chi connectivity index (χ0) is 15.0. The normalized spacial score (nSPS) is 23.7. The van der Waals surface area contributed by atoms with Crippen molar-refractivity contribution in [3.63, 3.8) is 0 Å². The van der Waals surface area contributed by atoms with E-state index in [4.69, 9.17) is 4.42 Å². The molecule has 0 radical (unpaired) electrons. The maximum Gasteiger partial charge on any atom is 0.257 e. The van der Waals surface area contributed by atoms with Crippen molar-refractivity contribution in [2.75, 3.05) is 27.2 Å². The van der Waals surface area contributed by atoms with Crippen LogP contribution in [-0.2, 0) is 4.79 Å². The van der Waals surface area contributed by atoms with E-state index in [9.17, 15) is 9.59 Å². The van der Waals surface area contributed by atoms with E-state index in [1.807, 2.05) is 4.90 Å². The topological polar surface area (TPSA) is 53.8 Å². The highest BCUT2D eigenvalue weighted by Gasteiger charge is 2.52. The van der Waals surface area contributed by atoms with Gasteiger partial charge < -0.3 is 14.2 Å². The van der Waals surface area contributed by atoms with Crippen molar-refractivity contribution in [2.45, 2.75) is 25.7 Å². The zero-order valence-corrected chi connectivity index (χ0v) is 12.7. The van der Waals surface area contributed by atoms with E-state index >= 15 is 0 Å². The molecular weight excluding hydrogens is 268 g/mol. The van der Waals surface area contributed by atoms with Crippen LogP contribution in [0.2, 0.25) is 0 Å². The minimum Gasteiger partial charge on any atom is -0.472 e. The van der Waals surface area contributed by atoms with Crippen LogP contribution in [0.4, 0.5) is 0 Å². The summed E-state index contributed by atoms with van der Waals surface area (Å²) in [4.78, 5) is 28.6. The van der Waals surface area contributed by atoms with E-state index in [1.165, 1.54) is 12.5 Å². The first-order valence-electron chi connectivity index (χ1n) is 7.56. The highest BCUT2D eigenvalue weighted by molar-refractivity contribution is 5.94. The van der Waals surface area contributed by atoms with Crippen molar-refractivity contribution in [1.29, 1.82) is 0 Å². The highest BCUT2D eigenvalue weighted by atomic mass is 16.3. The number of amides is 2. The molecule has 2 amide bonds. The molecule has 2 aliphatic rings. The van der Waals surface area contributed by atoms with Crippen LogP contribution < -0.4 is 0 Å². The molecule has 1 atom stereocenters. The second kappa shape index (κ2) is 5.20. The second-order valence-electron chi connectivity index (χ2n) is 6.55. The van der Waals surface area contributed by atoms with Gasteiger partial charge in [-0.25, -0.2) is 0 Å². The van der Waals surface area contributed by atoms with Gasteiger partial charge in [0, 0.05) is 32.6 Å². The van der Waals surface area contributed by atoms with Crippen LogP contribution in [0.5, 0.6) is 0 Å². The van der Waals surface area contributed by atoms with E-state index in [0.717, 1.165) is 25.7 Å². The summed E-state index contributed by atoms with van der Waals surface area (Å²) in [6.07, 6.45) is 7.40. The molecule has 5 heteroatoms. The van der Waals surface area contributed by atoms with Crippen molar-refractivity contribution in [3.05, 3.63) is 24.2 Å². The highest BCUT2D eigenvalue weighted by Crippen LogP contribution is 2.49. The fourth-order valence-electron chi connectivity index (χ4n) is 3.93. The first kappa shape index (κ1) is 14.2. The maximum atomic E-state index is 12.5. The van der Waals surface area contributed by atoms with E-state index in [2.05, 4.69) is 0 Å². The van der Waals surface area contributed by atoms with Gasteiger partial charge in [-0.15, -0.1) is 0 Å². The molecule has 0 N–H and O–H groups in total. The number of hydrogen-bond donors (Lipinski definition) is 0. The van der Waals surface area contributed by atoms with Crippen LogP contribution in [0.3, 0.4) is 0 Å². The Morgan fingerprint density at radius 3 is 2.62 bits per heavy atom. The molecule has 1 unspecified atom stereocenters. The summed E-state index contributed by atoms with van der Waals surface area (Å²) in [7, 11) is 3.59. The van der Waals surface area contributed by atoms with Gasteiger partial charge in [-0.1, -0.05) is 12.8 Å². The predicted octanol–water partition coefficient (Wildman–Crippen LogP) is 2.00. The molecule has 1 spiro atoms. The number of carbonyl (C=O) groups is 2. The summed E-state index contributed by atoms with van der Waals surface area (Å²) in [5, 5.41) is 0. The van der Waals surface area contributed by atoms with Gasteiger partial charge in [0.2, 0.25) is 5.91 Å². The van der Waals surface area contributed by atoms with Crippen molar-refractivity contribution < 1.29 is 14.0 Å². The molecular formula is C16H22N2O3. The Bertz CT molecular complexity index is 530. The zero-order valence-electron chi connectivity index (χ0n) is 12.7. The Kier molecular flexibility index (Phi) is 3.51. The third-order valence-electron chi connectivity index (χ3n) is 5.04. The molecule has 1 aromatic heterocycles. The molecule has 1 aliphatic carbocycles. The van der Waals surface area contributed by atoms with Crippen LogP contribution in [0.1, 0.15) is 36.0 Å². The van der Waals surface area contributed by atoms with Gasteiger partial charge >= 0.3 is 0 Å². The van der Waals surface area contributed by atoms with Crippen molar-refractivity contribution in [1.82, 2.24) is 9.80 Å². The second-order valence-corrected chi connectivity index (χ2v) is 6.55. The fourth-order valence-corrected chi connectivity index (χ4v) is 3.93. The Morgan fingerprint density at radius 1 is 1.33 bits per heavy atom. The summed E-state index contributed by atoms with van der Waals surface area (Å²) in [5.74, 6) is 0.0642. The van der Waals surface area contributed by atoms with Gasteiger partial charge in [-0.05, 0) is 18.9 Å². The summed E-state index contributed by atoms with van der Waals surface area (Å²) >= 11 is 0. The quantitative estimate of drug-likeness (QED) is 0.837. The van der Waals surface area contributed by atoms with Gasteiger partial charge in [0.05, 0.1) is 17.7 Å². The molecule has 1 aliphatic heterocycles. The lowest BCUT2D eigenvalue weighted by Crippen LogP contribution is -2.39. The van der Waals surface area contributed by atoms with Crippen LogP contribution in [-0.4, -0.2) is 48.8 Å². The third kappa shape index (κ3) is 2.34. The Balaban J connectivity index is 1.84. The molecule has 3 rings (SSSR count). The van der Waals surface area contributed by atoms with Gasteiger partial charge in [0.25, 0.3) is 5.91 Å². The average molecular weight is 290 g/mol. The Morgan fingerprint density at radius 2 is 2.05 bits per heavy atom. The van der Waals surface area contributed by atoms with Crippen LogP contribution in [0.15, 0.2) is 23.0 Å². The number of carbonyl (C=O) groups excluding carboxylic acids is 2. The summed E-state index contributed by atoms with van der Waals surface area (Å²) in [5.41, 5.74) is 0.557. The molecule has 1 saturated heterocycles. The number of nitrogens with zero attached hydrogens (tertiary/aromatic N) is 2. The largest absolute Gasteiger partial charge is 0.472 e. The SMILES string of the molecule is CN(C)C(=O)C1CN(C(=O)c2ccoc2)CC12CCCC2. The molecule has 114 valence electrons. The Labute approximate surface area is 124 Å². The summed E-state index contributed by atoms with van der Waals surface area (Å²) in [6.45, 7) is 1.22. The van der Waals surface area contributed by atoms with Crippen molar-refractivity contribution in [2.24, 2.45) is 11.3 Å². The summed E-state index contributed by atoms with van der Waals surface area (Å²) in [6, 6.07) is 1.69. The van der Waals surface area contributed by atoms with E-state index in [1.54, 1.807) is 25.1 Å². The van der Waals surface area contributed by atoms with Gasteiger partial charge in [0.1, 0.15) is 6.26 Å². The maximum absolute atomic E-state index is 12.5. The van der Waals surface area contributed by atoms with Crippen LogP contribution in [0, 0.1) is 11.3 Å². The first-order valence-corrected chi connectivity index (χ1v) is 7.56. The Hall–Kier alpha value is -1.78. The number of hydrogen-bond acceptors (Lipinski definition) is 3. The lowest BCUT2D eigenvalue weighted by atomic mass is 9.76. The summed E-state index contributed by atoms with van der Waals surface area (Å²) < 4.78 is 5.00. The molecule has 5 nitrogen and oxygen atoms in total. The molecule has 2 heterocycles.